The Labute approximate surface area is 148 Å². The van der Waals surface area contributed by atoms with Crippen LogP contribution in [0.15, 0.2) is 18.2 Å². The van der Waals surface area contributed by atoms with Gasteiger partial charge in [0.2, 0.25) is 5.91 Å². The molecule has 5 heteroatoms. The van der Waals surface area contributed by atoms with Crippen LogP contribution in [-0.4, -0.2) is 52.8 Å². The summed E-state index contributed by atoms with van der Waals surface area (Å²) in [5.41, 5.74) is 4.66. The van der Waals surface area contributed by atoms with Crippen LogP contribution in [0.5, 0.6) is 0 Å². The van der Waals surface area contributed by atoms with E-state index in [0.29, 0.717) is 26.2 Å². The SMILES string of the molecule is CC(=O)N1CCN(C(=O)c2ccc3[nH]c4c(c3c2)CCCCC4)CC1. The molecule has 2 amide bonds. The van der Waals surface area contributed by atoms with E-state index >= 15 is 0 Å². The lowest BCUT2D eigenvalue weighted by Gasteiger charge is -2.34. The molecule has 0 unspecified atom stereocenters. The summed E-state index contributed by atoms with van der Waals surface area (Å²) in [7, 11) is 0. The first kappa shape index (κ1) is 16.2. The van der Waals surface area contributed by atoms with Gasteiger partial charge in [-0.25, -0.2) is 0 Å². The lowest BCUT2D eigenvalue weighted by molar-refractivity contribution is -0.130. The molecule has 2 heterocycles. The van der Waals surface area contributed by atoms with Crippen LogP contribution in [0.1, 0.15) is 47.8 Å². The molecule has 2 aromatic rings. The van der Waals surface area contributed by atoms with Gasteiger partial charge in [-0.05, 0) is 49.4 Å². The minimum atomic E-state index is 0.0775. The number of carbonyl (C=O) groups is 2. The smallest absolute Gasteiger partial charge is 0.253 e. The van der Waals surface area contributed by atoms with Crippen molar-refractivity contribution in [2.75, 3.05) is 26.2 Å². The van der Waals surface area contributed by atoms with Gasteiger partial charge in [-0.1, -0.05) is 6.42 Å². The summed E-state index contributed by atoms with van der Waals surface area (Å²) >= 11 is 0. The van der Waals surface area contributed by atoms with Crippen molar-refractivity contribution in [1.29, 1.82) is 0 Å². The molecule has 2 aliphatic rings. The number of hydrogen-bond donors (Lipinski definition) is 1. The van der Waals surface area contributed by atoms with Crippen LogP contribution in [0.3, 0.4) is 0 Å². The molecule has 1 aromatic heterocycles. The number of aromatic nitrogens is 1. The van der Waals surface area contributed by atoms with Crippen LogP contribution in [0.4, 0.5) is 0 Å². The molecule has 25 heavy (non-hydrogen) atoms. The fourth-order valence-corrected chi connectivity index (χ4v) is 4.12. The van der Waals surface area contributed by atoms with E-state index < -0.39 is 0 Å². The third-order valence-corrected chi connectivity index (χ3v) is 5.61. The highest BCUT2D eigenvalue weighted by Gasteiger charge is 2.24. The van der Waals surface area contributed by atoms with Gasteiger partial charge in [-0.15, -0.1) is 0 Å². The molecule has 1 saturated heterocycles. The zero-order valence-electron chi connectivity index (χ0n) is 14.8. The van der Waals surface area contributed by atoms with E-state index in [4.69, 9.17) is 0 Å². The number of piperazine rings is 1. The van der Waals surface area contributed by atoms with E-state index in [1.54, 1.807) is 11.8 Å². The van der Waals surface area contributed by atoms with Crippen molar-refractivity contribution in [3.05, 3.63) is 35.0 Å². The Morgan fingerprint density at radius 2 is 1.68 bits per heavy atom. The zero-order valence-corrected chi connectivity index (χ0v) is 14.8. The predicted molar refractivity (Wildman–Crippen MR) is 97.7 cm³/mol. The Morgan fingerprint density at radius 1 is 0.960 bits per heavy atom. The van der Waals surface area contributed by atoms with E-state index in [9.17, 15) is 9.59 Å². The lowest BCUT2D eigenvalue weighted by atomic mass is 10.0. The third-order valence-electron chi connectivity index (χ3n) is 5.61. The number of fused-ring (bicyclic) bond motifs is 3. The van der Waals surface area contributed by atoms with E-state index in [1.165, 1.54) is 35.9 Å². The van der Waals surface area contributed by atoms with Gasteiger partial charge in [0.25, 0.3) is 5.91 Å². The molecule has 0 atom stereocenters. The van der Waals surface area contributed by atoms with Gasteiger partial charge < -0.3 is 14.8 Å². The Bertz CT molecular complexity index is 816. The lowest BCUT2D eigenvalue weighted by Crippen LogP contribution is -2.50. The first-order valence-electron chi connectivity index (χ1n) is 9.32. The average molecular weight is 339 g/mol. The molecule has 0 spiro atoms. The van der Waals surface area contributed by atoms with Crippen molar-refractivity contribution in [1.82, 2.24) is 14.8 Å². The molecular formula is C20H25N3O2. The highest BCUT2D eigenvalue weighted by molar-refractivity contribution is 5.99. The van der Waals surface area contributed by atoms with Crippen molar-refractivity contribution >= 4 is 22.7 Å². The molecule has 1 fully saturated rings. The number of benzene rings is 1. The van der Waals surface area contributed by atoms with Gasteiger partial charge in [-0.2, -0.15) is 0 Å². The summed E-state index contributed by atoms with van der Waals surface area (Å²) in [6.07, 6.45) is 5.96. The normalized spacial score (nSPS) is 18.1. The van der Waals surface area contributed by atoms with Gasteiger partial charge in [0, 0.05) is 55.3 Å². The van der Waals surface area contributed by atoms with Gasteiger partial charge in [0.05, 0.1) is 0 Å². The van der Waals surface area contributed by atoms with E-state index in [0.717, 1.165) is 23.9 Å². The van der Waals surface area contributed by atoms with Crippen LogP contribution in [0.2, 0.25) is 0 Å². The number of amides is 2. The van der Waals surface area contributed by atoms with Crippen molar-refractivity contribution in [2.24, 2.45) is 0 Å². The second kappa shape index (κ2) is 6.54. The second-order valence-corrected chi connectivity index (χ2v) is 7.20. The molecule has 0 radical (unpaired) electrons. The van der Waals surface area contributed by atoms with Crippen LogP contribution >= 0.6 is 0 Å². The van der Waals surface area contributed by atoms with Crippen LogP contribution in [0.25, 0.3) is 10.9 Å². The molecule has 1 aromatic carbocycles. The van der Waals surface area contributed by atoms with Gasteiger partial charge in [0.15, 0.2) is 0 Å². The maximum atomic E-state index is 12.9. The Balaban J connectivity index is 1.58. The van der Waals surface area contributed by atoms with Gasteiger partial charge >= 0.3 is 0 Å². The fraction of sp³-hybridized carbons (Fsp3) is 0.500. The molecule has 132 valence electrons. The topological polar surface area (TPSA) is 56.4 Å². The quantitative estimate of drug-likeness (QED) is 0.812. The summed E-state index contributed by atoms with van der Waals surface area (Å²) in [5.74, 6) is 0.164. The van der Waals surface area contributed by atoms with Crippen molar-refractivity contribution in [3.8, 4) is 0 Å². The maximum absolute atomic E-state index is 12.9. The molecule has 1 aliphatic heterocycles. The second-order valence-electron chi connectivity index (χ2n) is 7.20. The van der Waals surface area contributed by atoms with Gasteiger partial charge in [-0.3, -0.25) is 9.59 Å². The Morgan fingerprint density at radius 3 is 2.44 bits per heavy atom. The third kappa shape index (κ3) is 3.03. The zero-order chi connectivity index (χ0) is 17.4. The summed E-state index contributed by atoms with van der Waals surface area (Å²) in [5, 5.41) is 1.21. The Hall–Kier alpha value is -2.30. The van der Waals surface area contributed by atoms with Crippen LogP contribution in [-0.2, 0) is 17.6 Å². The number of hydrogen-bond acceptors (Lipinski definition) is 2. The van der Waals surface area contributed by atoms with E-state index in [1.807, 2.05) is 17.0 Å². The molecular weight excluding hydrogens is 314 g/mol. The largest absolute Gasteiger partial charge is 0.358 e. The number of carbonyl (C=O) groups excluding carboxylic acids is 2. The van der Waals surface area contributed by atoms with Crippen molar-refractivity contribution < 1.29 is 9.59 Å². The number of H-pyrrole nitrogens is 1. The van der Waals surface area contributed by atoms with Crippen LogP contribution < -0.4 is 0 Å². The Kier molecular flexibility index (Phi) is 4.24. The highest BCUT2D eigenvalue weighted by Crippen LogP contribution is 2.29. The molecule has 4 rings (SSSR count). The average Bonchev–Trinajstić information content (AvgIpc) is 2.81. The van der Waals surface area contributed by atoms with Crippen molar-refractivity contribution in [2.45, 2.75) is 39.0 Å². The van der Waals surface area contributed by atoms with Crippen molar-refractivity contribution in [3.63, 3.8) is 0 Å². The first-order chi connectivity index (χ1) is 12.1. The van der Waals surface area contributed by atoms with E-state index in [2.05, 4.69) is 11.1 Å². The monoisotopic (exact) mass is 339 g/mol. The molecule has 0 bridgehead atoms. The predicted octanol–water partition coefficient (Wildman–Crippen LogP) is 2.74. The molecule has 0 saturated carbocycles. The first-order valence-corrected chi connectivity index (χ1v) is 9.32. The maximum Gasteiger partial charge on any atom is 0.253 e. The molecule has 5 nitrogen and oxygen atoms in total. The van der Waals surface area contributed by atoms with E-state index in [-0.39, 0.29) is 11.8 Å². The van der Waals surface area contributed by atoms with Gasteiger partial charge in [0.1, 0.15) is 0 Å². The summed E-state index contributed by atoms with van der Waals surface area (Å²) in [6.45, 7) is 4.07. The number of nitrogens with one attached hydrogen (secondary N) is 1. The minimum absolute atomic E-state index is 0.0775. The standard InChI is InChI=1S/C20H25N3O2/c1-14(24)22-9-11-23(12-10-22)20(25)15-7-8-19-17(13-15)16-5-3-2-4-6-18(16)21-19/h7-8,13,21H,2-6,9-12H2,1H3. The number of nitrogens with zero attached hydrogens (tertiary/aromatic N) is 2. The molecule has 1 aliphatic carbocycles. The summed E-state index contributed by atoms with van der Waals surface area (Å²) in [4.78, 5) is 31.6. The minimum Gasteiger partial charge on any atom is -0.358 e. The molecule has 1 N–H and O–H groups in total. The fourth-order valence-electron chi connectivity index (χ4n) is 4.12. The van der Waals surface area contributed by atoms with Crippen LogP contribution in [0, 0.1) is 0 Å². The number of aryl methyl sites for hydroxylation is 2. The highest BCUT2D eigenvalue weighted by atomic mass is 16.2. The number of rotatable bonds is 1. The summed E-state index contributed by atoms with van der Waals surface area (Å²) in [6, 6.07) is 6.04. The number of aromatic amines is 1. The summed E-state index contributed by atoms with van der Waals surface area (Å²) < 4.78 is 0.